The van der Waals surface area contributed by atoms with Crippen molar-refractivity contribution in [3.05, 3.63) is 64.7 Å². The first-order chi connectivity index (χ1) is 13.2. The van der Waals surface area contributed by atoms with Crippen LogP contribution in [0.4, 0.5) is 14.5 Å². The van der Waals surface area contributed by atoms with Gasteiger partial charge in [-0.3, -0.25) is 14.9 Å². The van der Waals surface area contributed by atoms with Gasteiger partial charge in [-0.15, -0.1) is 0 Å². The highest BCUT2D eigenvalue weighted by molar-refractivity contribution is 5.96. The first-order valence-corrected chi connectivity index (χ1v) is 9.03. The molecule has 3 N–H and O–H groups in total. The second-order valence-electron chi connectivity index (χ2n) is 6.82. The number of hydrogen-bond acceptors (Lipinski definition) is 3. The molecule has 0 fully saturated rings. The molecule has 0 unspecified atom stereocenters. The molecule has 0 heterocycles. The maximum Gasteiger partial charge on any atom is 0.243 e. The third-order valence-electron chi connectivity index (χ3n) is 4.51. The summed E-state index contributed by atoms with van der Waals surface area (Å²) in [7, 11) is 0. The lowest BCUT2D eigenvalue weighted by atomic mass is 10.1. The number of carbonyl (C=O) groups is 2. The van der Waals surface area contributed by atoms with E-state index in [1.54, 1.807) is 13.8 Å². The van der Waals surface area contributed by atoms with Crippen LogP contribution in [-0.4, -0.2) is 24.4 Å². The summed E-state index contributed by atoms with van der Waals surface area (Å²) in [5.74, 6) is -2.55. The van der Waals surface area contributed by atoms with Crippen LogP contribution in [0.3, 0.4) is 0 Å². The van der Waals surface area contributed by atoms with Gasteiger partial charge in [0.05, 0.1) is 12.6 Å². The Bertz CT molecular complexity index is 850. The maximum absolute atomic E-state index is 13.4. The summed E-state index contributed by atoms with van der Waals surface area (Å²) >= 11 is 0. The molecule has 2 rings (SSSR count). The lowest BCUT2D eigenvalue weighted by molar-refractivity contribution is -0.125. The summed E-state index contributed by atoms with van der Waals surface area (Å²) in [6.07, 6.45) is 0. The number of rotatable bonds is 7. The number of aryl methyl sites for hydroxylation is 2. The lowest BCUT2D eigenvalue weighted by Gasteiger charge is -2.20. The van der Waals surface area contributed by atoms with E-state index in [9.17, 15) is 18.4 Å². The third kappa shape index (κ3) is 5.60. The van der Waals surface area contributed by atoms with Crippen LogP contribution in [0.2, 0.25) is 0 Å². The summed E-state index contributed by atoms with van der Waals surface area (Å²) in [6.45, 7) is 7.00. The summed E-state index contributed by atoms with van der Waals surface area (Å²) in [5.41, 5.74) is 3.14. The Morgan fingerprint density at radius 3 is 2.25 bits per heavy atom. The van der Waals surface area contributed by atoms with E-state index in [2.05, 4.69) is 16.0 Å². The van der Waals surface area contributed by atoms with Gasteiger partial charge in [0.15, 0.2) is 11.6 Å². The SMILES string of the molecule is Cc1cccc(C)c1NC(=O)CNC(=O)[C@H](C)N[C@H](C)c1ccc(F)c(F)c1. The normalized spacial score (nSPS) is 12.9. The minimum absolute atomic E-state index is 0.168. The third-order valence-corrected chi connectivity index (χ3v) is 4.51. The number of benzene rings is 2. The number of carbonyl (C=O) groups excluding carboxylic acids is 2. The molecule has 0 aliphatic carbocycles. The Morgan fingerprint density at radius 1 is 1.00 bits per heavy atom. The van der Waals surface area contributed by atoms with Crippen molar-refractivity contribution in [2.45, 2.75) is 39.8 Å². The van der Waals surface area contributed by atoms with Crippen LogP contribution in [0.25, 0.3) is 0 Å². The fourth-order valence-corrected chi connectivity index (χ4v) is 2.84. The predicted octanol–water partition coefficient (Wildman–Crippen LogP) is 3.38. The van der Waals surface area contributed by atoms with Crippen LogP contribution in [-0.2, 0) is 9.59 Å². The van der Waals surface area contributed by atoms with Crippen molar-refractivity contribution < 1.29 is 18.4 Å². The highest BCUT2D eigenvalue weighted by atomic mass is 19.2. The zero-order chi connectivity index (χ0) is 20.8. The second-order valence-corrected chi connectivity index (χ2v) is 6.82. The van der Waals surface area contributed by atoms with Crippen LogP contribution in [0.5, 0.6) is 0 Å². The van der Waals surface area contributed by atoms with E-state index in [1.165, 1.54) is 6.07 Å². The number of nitrogens with one attached hydrogen (secondary N) is 3. The maximum atomic E-state index is 13.4. The molecule has 2 atom stereocenters. The zero-order valence-corrected chi connectivity index (χ0v) is 16.4. The molecule has 0 aliphatic heterocycles. The molecule has 0 aromatic heterocycles. The first kappa shape index (κ1) is 21.5. The Morgan fingerprint density at radius 2 is 1.64 bits per heavy atom. The molecule has 28 heavy (non-hydrogen) atoms. The van der Waals surface area contributed by atoms with Crippen LogP contribution < -0.4 is 16.0 Å². The number of amides is 2. The monoisotopic (exact) mass is 389 g/mol. The first-order valence-electron chi connectivity index (χ1n) is 9.03. The Labute approximate surface area is 163 Å². The second kappa shape index (κ2) is 9.41. The van der Waals surface area contributed by atoms with Gasteiger partial charge in [-0.2, -0.15) is 0 Å². The number of para-hydroxylation sites is 1. The van der Waals surface area contributed by atoms with Crippen molar-refractivity contribution in [3.8, 4) is 0 Å². The average Bonchev–Trinajstić information content (AvgIpc) is 2.64. The van der Waals surface area contributed by atoms with Gasteiger partial charge in [0.25, 0.3) is 0 Å². The fourth-order valence-electron chi connectivity index (χ4n) is 2.84. The molecule has 150 valence electrons. The zero-order valence-electron chi connectivity index (χ0n) is 16.4. The van der Waals surface area contributed by atoms with Gasteiger partial charge >= 0.3 is 0 Å². The number of anilines is 1. The van der Waals surface area contributed by atoms with E-state index in [4.69, 9.17) is 0 Å². The van der Waals surface area contributed by atoms with Crippen LogP contribution >= 0.6 is 0 Å². The summed E-state index contributed by atoms with van der Waals surface area (Å²) in [4.78, 5) is 24.4. The Balaban J connectivity index is 1.86. The van der Waals surface area contributed by atoms with Crippen molar-refractivity contribution in [1.82, 2.24) is 10.6 Å². The van der Waals surface area contributed by atoms with Crippen LogP contribution in [0.1, 0.15) is 36.6 Å². The predicted molar refractivity (Wildman–Crippen MR) is 105 cm³/mol. The van der Waals surface area contributed by atoms with E-state index in [-0.39, 0.29) is 24.4 Å². The quantitative estimate of drug-likeness (QED) is 0.680. The largest absolute Gasteiger partial charge is 0.346 e. The van der Waals surface area contributed by atoms with Crippen LogP contribution in [0, 0.1) is 25.5 Å². The molecule has 5 nitrogen and oxygen atoms in total. The van der Waals surface area contributed by atoms with E-state index >= 15 is 0 Å². The molecule has 7 heteroatoms. The molecule has 0 radical (unpaired) electrons. The lowest BCUT2D eigenvalue weighted by Crippen LogP contribution is -2.45. The summed E-state index contributed by atoms with van der Waals surface area (Å²) in [5, 5.41) is 8.37. The van der Waals surface area contributed by atoms with Gasteiger partial charge in [0, 0.05) is 11.7 Å². The van der Waals surface area contributed by atoms with E-state index < -0.39 is 17.7 Å². The smallest absolute Gasteiger partial charge is 0.243 e. The molecule has 0 bridgehead atoms. The summed E-state index contributed by atoms with van der Waals surface area (Å²) < 4.78 is 26.4. The van der Waals surface area contributed by atoms with E-state index in [0.717, 1.165) is 28.9 Å². The molecule has 0 saturated carbocycles. The van der Waals surface area contributed by atoms with E-state index in [0.29, 0.717) is 5.56 Å². The Hall–Kier alpha value is -2.80. The van der Waals surface area contributed by atoms with Crippen molar-refractivity contribution in [3.63, 3.8) is 0 Å². The van der Waals surface area contributed by atoms with Gasteiger partial charge < -0.3 is 10.6 Å². The molecule has 2 amide bonds. The molecular weight excluding hydrogens is 364 g/mol. The Kier molecular flexibility index (Phi) is 7.23. The highest BCUT2D eigenvalue weighted by Crippen LogP contribution is 2.19. The van der Waals surface area contributed by atoms with Gasteiger partial charge in [0.2, 0.25) is 11.8 Å². The van der Waals surface area contributed by atoms with Gasteiger partial charge in [-0.25, -0.2) is 8.78 Å². The minimum atomic E-state index is -0.938. The van der Waals surface area contributed by atoms with E-state index in [1.807, 2.05) is 32.0 Å². The number of hydrogen-bond donors (Lipinski definition) is 3. The molecule has 0 aliphatic rings. The van der Waals surface area contributed by atoms with Gasteiger partial charge in [-0.05, 0) is 56.5 Å². The molecule has 2 aromatic carbocycles. The topological polar surface area (TPSA) is 70.2 Å². The van der Waals surface area contributed by atoms with Gasteiger partial charge in [-0.1, -0.05) is 24.3 Å². The molecule has 0 saturated heterocycles. The van der Waals surface area contributed by atoms with Crippen molar-refractivity contribution >= 4 is 17.5 Å². The number of halogens is 2. The van der Waals surface area contributed by atoms with Gasteiger partial charge in [0.1, 0.15) is 0 Å². The average molecular weight is 389 g/mol. The van der Waals surface area contributed by atoms with Crippen LogP contribution in [0.15, 0.2) is 36.4 Å². The molecule has 0 spiro atoms. The standard InChI is InChI=1S/C21H25F2N3O2/c1-12-6-5-7-13(2)20(12)26-19(27)11-24-21(28)15(4)25-14(3)16-8-9-17(22)18(23)10-16/h5-10,14-15,25H,11H2,1-4H3,(H,24,28)(H,26,27)/t14-,15+/m1/s1. The van der Waals surface area contributed by atoms with Crippen molar-refractivity contribution in [2.75, 3.05) is 11.9 Å². The van der Waals surface area contributed by atoms with Crippen molar-refractivity contribution in [2.24, 2.45) is 0 Å². The fraction of sp³-hybridized carbons (Fsp3) is 0.333. The summed E-state index contributed by atoms with van der Waals surface area (Å²) in [6, 6.07) is 8.29. The molecular formula is C21H25F2N3O2. The highest BCUT2D eigenvalue weighted by Gasteiger charge is 2.18. The molecule has 2 aromatic rings. The van der Waals surface area contributed by atoms with Crippen molar-refractivity contribution in [1.29, 1.82) is 0 Å². The minimum Gasteiger partial charge on any atom is -0.346 e.